The molecule has 2 aromatic carbocycles. The van der Waals surface area contributed by atoms with E-state index in [2.05, 4.69) is 9.80 Å². The maximum Gasteiger partial charge on any atom is 0.273 e. The average molecular weight is 447 g/mol. The lowest BCUT2D eigenvalue weighted by molar-refractivity contribution is -0.385. The normalized spacial score (nSPS) is 16.3. The summed E-state index contributed by atoms with van der Waals surface area (Å²) < 4.78 is 11.7. The van der Waals surface area contributed by atoms with Crippen molar-refractivity contribution >= 4 is 11.6 Å². The number of nitro benzene ring substituents is 1. The fourth-order valence-corrected chi connectivity index (χ4v) is 4.22. The highest BCUT2D eigenvalue weighted by molar-refractivity contribution is 5.44. The number of aromatic nitrogens is 2. The highest BCUT2D eigenvalue weighted by Crippen LogP contribution is 2.32. The Labute approximate surface area is 191 Å². The number of fused-ring (bicyclic) bond motifs is 1. The Kier molecular flexibility index (Phi) is 6.14. The quantitative estimate of drug-likeness (QED) is 0.418. The van der Waals surface area contributed by atoms with Crippen LogP contribution in [0.3, 0.4) is 0 Å². The molecule has 170 valence electrons. The third kappa shape index (κ3) is 4.79. The van der Waals surface area contributed by atoms with Gasteiger partial charge in [0.2, 0.25) is 11.8 Å². The highest BCUT2D eigenvalue weighted by Gasteiger charge is 2.27. The second kappa shape index (κ2) is 9.51. The molecule has 0 radical (unpaired) electrons. The molecule has 0 aliphatic carbocycles. The van der Waals surface area contributed by atoms with Gasteiger partial charge in [0.05, 0.1) is 29.4 Å². The largest absolute Gasteiger partial charge is 0.439 e. The van der Waals surface area contributed by atoms with Crippen LogP contribution < -0.4 is 9.64 Å². The Morgan fingerprint density at radius 3 is 2.55 bits per heavy atom. The Morgan fingerprint density at radius 2 is 1.76 bits per heavy atom. The Hall–Kier alpha value is -3.56. The SMILES string of the molecule is O=[N+]([O-])c1ccccc1CN1CCc2nc(N3CCOCC3)nc(Oc3ccccc3)c2C1. The van der Waals surface area contributed by atoms with Crippen molar-refractivity contribution in [3.05, 3.63) is 81.5 Å². The van der Waals surface area contributed by atoms with Gasteiger partial charge in [0, 0.05) is 50.8 Å². The third-order valence-corrected chi connectivity index (χ3v) is 5.92. The molecule has 2 aliphatic rings. The highest BCUT2D eigenvalue weighted by atomic mass is 16.6. The van der Waals surface area contributed by atoms with E-state index in [1.807, 2.05) is 42.5 Å². The van der Waals surface area contributed by atoms with Gasteiger partial charge in [0.1, 0.15) is 5.75 Å². The fraction of sp³-hybridized carbons (Fsp3) is 0.333. The number of hydrogen-bond donors (Lipinski definition) is 0. The molecule has 5 rings (SSSR count). The van der Waals surface area contributed by atoms with Crippen molar-refractivity contribution in [3.8, 4) is 11.6 Å². The monoisotopic (exact) mass is 447 g/mol. The van der Waals surface area contributed by atoms with Crippen LogP contribution in [0.2, 0.25) is 0 Å². The number of morpholine rings is 1. The number of hydrogen-bond acceptors (Lipinski definition) is 8. The standard InChI is InChI=1S/C24H25N5O4/c30-29(31)22-9-5-4-6-18(22)16-27-11-10-21-20(17-27)23(33-19-7-2-1-3-8-19)26-24(25-21)28-12-14-32-15-13-28/h1-9H,10-17H2. The molecule has 3 heterocycles. The first-order valence-electron chi connectivity index (χ1n) is 11.1. The molecular formula is C24H25N5O4. The lowest BCUT2D eigenvalue weighted by Crippen LogP contribution is -2.38. The number of benzene rings is 2. The number of nitrogens with zero attached hydrogens (tertiary/aromatic N) is 5. The molecular weight excluding hydrogens is 422 g/mol. The van der Waals surface area contributed by atoms with E-state index in [1.165, 1.54) is 0 Å². The van der Waals surface area contributed by atoms with Crippen LogP contribution in [0.1, 0.15) is 16.8 Å². The second-order valence-electron chi connectivity index (χ2n) is 8.12. The van der Waals surface area contributed by atoms with Gasteiger partial charge in [-0.1, -0.05) is 36.4 Å². The van der Waals surface area contributed by atoms with Gasteiger partial charge in [-0.05, 0) is 12.1 Å². The average Bonchev–Trinajstić information content (AvgIpc) is 2.85. The van der Waals surface area contributed by atoms with Crippen LogP contribution in [0.4, 0.5) is 11.6 Å². The summed E-state index contributed by atoms with van der Waals surface area (Å²) in [5.41, 5.74) is 2.74. The summed E-state index contributed by atoms with van der Waals surface area (Å²) in [6.45, 7) is 4.58. The molecule has 33 heavy (non-hydrogen) atoms. The molecule has 0 atom stereocenters. The van der Waals surface area contributed by atoms with Gasteiger partial charge in [-0.25, -0.2) is 4.98 Å². The van der Waals surface area contributed by atoms with Crippen LogP contribution in [0, 0.1) is 10.1 Å². The van der Waals surface area contributed by atoms with Crippen molar-refractivity contribution in [1.82, 2.24) is 14.9 Å². The Balaban J connectivity index is 1.45. The zero-order valence-electron chi connectivity index (χ0n) is 18.2. The van der Waals surface area contributed by atoms with E-state index in [0.717, 1.165) is 37.3 Å². The summed E-state index contributed by atoms with van der Waals surface area (Å²) in [5, 5.41) is 11.4. The smallest absolute Gasteiger partial charge is 0.273 e. The minimum absolute atomic E-state index is 0.142. The number of anilines is 1. The van der Waals surface area contributed by atoms with Gasteiger partial charge in [0.25, 0.3) is 5.69 Å². The summed E-state index contributed by atoms with van der Waals surface area (Å²) in [6, 6.07) is 16.5. The molecule has 3 aromatic rings. The van der Waals surface area contributed by atoms with Gasteiger partial charge >= 0.3 is 0 Å². The Morgan fingerprint density at radius 1 is 1.00 bits per heavy atom. The lowest BCUT2D eigenvalue weighted by atomic mass is 10.0. The molecule has 0 amide bonds. The van der Waals surface area contributed by atoms with E-state index in [0.29, 0.717) is 49.4 Å². The van der Waals surface area contributed by atoms with E-state index in [4.69, 9.17) is 19.4 Å². The van der Waals surface area contributed by atoms with Crippen molar-refractivity contribution in [1.29, 1.82) is 0 Å². The first-order chi connectivity index (χ1) is 16.2. The summed E-state index contributed by atoms with van der Waals surface area (Å²) in [7, 11) is 0. The maximum absolute atomic E-state index is 11.4. The minimum Gasteiger partial charge on any atom is -0.439 e. The van der Waals surface area contributed by atoms with Crippen molar-refractivity contribution in [2.24, 2.45) is 0 Å². The van der Waals surface area contributed by atoms with Gasteiger partial charge in [-0.2, -0.15) is 4.98 Å². The van der Waals surface area contributed by atoms with Crippen LogP contribution in [-0.4, -0.2) is 52.6 Å². The van der Waals surface area contributed by atoms with Crippen molar-refractivity contribution in [2.75, 3.05) is 37.7 Å². The number of nitro groups is 1. The van der Waals surface area contributed by atoms with Gasteiger partial charge in [-0.15, -0.1) is 0 Å². The zero-order chi connectivity index (χ0) is 22.6. The molecule has 0 saturated carbocycles. The number of rotatable bonds is 6. The van der Waals surface area contributed by atoms with E-state index in [9.17, 15) is 10.1 Å². The molecule has 9 nitrogen and oxygen atoms in total. The molecule has 9 heteroatoms. The summed E-state index contributed by atoms with van der Waals surface area (Å²) >= 11 is 0. The predicted molar refractivity (Wildman–Crippen MR) is 122 cm³/mol. The van der Waals surface area contributed by atoms with Crippen LogP contribution in [-0.2, 0) is 24.2 Å². The van der Waals surface area contributed by atoms with E-state index in [-0.39, 0.29) is 10.6 Å². The van der Waals surface area contributed by atoms with Crippen LogP contribution in [0.5, 0.6) is 11.6 Å². The predicted octanol–water partition coefficient (Wildman–Crippen LogP) is 3.57. The van der Waals surface area contributed by atoms with Crippen LogP contribution in [0.25, 0.3) is 0 Å². The van der Waals surface area contributed by atoms with E-state index in [1.54, 1.807) is 12.1 Å². The van der Waals surface area contributed by atoms with E-state index < -0.39 is 0 Å². The Bertz CT molecular complexity index is 1130. The molecule has 1 aromatic heterocycles. The third-order valence-electron chi connectivity index (χ3n) is 5.92. The van der Waals surface area contributed by atoms with Crippen LogP contribution in [0.15, 0.2) is 54.6 Å². The topological polar surface area (TPSA) is 93.9 Å². The van der Waals surface area contributed by atoms with Crippen LogP contribution >= 0.6 is 0 Å². The van der Waals surface area contributed by atoms with E-state index >= 15 is 0 Å². The molecule has 0 spiro atoms. The zero-order valence-corrected chi connectivity index (χ0v) is 18.2. The molecule has 0 unspecified atom stereocenters. The van der Waals surface area contributed by atoms with Crippen molar-refractivity contribution in [2.45, 2.75) is 19.5 Å². The summed E-state index contributed by atoms with van der Waals surface area (Å²) in [4.78, 5) is 25.1. The van der Waals surface area contributed by atoms with Gasteiger partial charge in [0.15, 0.2) is 0 Å². The first kappa shape index (κ1) is 21.3. The summed E-state index contributed by atoms with van der Waals surface area (Å²) in [5.74, 6) is 1.91. The number of para-hydroxylation sites is 2. The second-order valence-corrected chi connectivity index (χ2v) is 8.12. The minimum atomic E-state index is -0.325. The first-order valence-corrected chi connectivity index (χ1v) is 11.1. The molecule has 2 aliphatic heterocycles. The van der Waals surface area contributed by atoms with Gasteiger partial charge in [-0.3, -0.25) is 15.0 Å². The van der Waals surface area contributed by atoms with Crippen molar-refractivity contribution < 1.29 is 14.4 Å². The number of ether oxygens (including phenoxy) is 2. The summed E-state index contributed by atoms with van der Waals surface area (Å²) in [6.07, 6.45) is 0.723. The molecule has 0 bridgehead atoms. The van der Waals surface area contributed by atoms with Gasteiger partial charge < -0.3 is 14.4 Å². The molecule has 1 saturated heterocycles. The fourth-order valence-electron chi connectivity index (χ4n) is 4.22. The molecule has 1 fully saturated rings. The molecule has 0 N–H and O–H groups in total. The van der Waals surface area contributed by atoms with Crippen molar-refractivity contribution in [3.63, 3.8) is 0 Å². The maximum atomic E-state index is 11.4. The lowest BCUT2D eigenvalue weighted by Gasteiger charge is -2.31.